The first-order chi connectivity index (χ1) is 13.1. The Balaban J connectivity index is 0.000000208. The molecule has 0 amide bonds. The standard InChI is InChI=1S/C12H24O2Si.C12H24OSi/c1-12(2,3)15(4,5)13-8-9-6-10-11(7-9)14-10;1-12(2,3)14(4,5)13-10-11-8-6-7-9-11/h9-11H,6-8H2,1-5H3;6-7,11H,8-10H2,1-5H3. The van der Waals surface area contributed by atoms with Crippen molar-refractivity contribution in [2.45, 2.75) is 116 Å². The Kier molecular flexibility index (Phi) is 8.10. The van der Waals surface area contributed by atoms with Gasteiger partial charge in [-0.25, -0.2) is 0 Å². The van der Waals surface area contributed by atoms with Gasteiger partial charge in [0.05, 0.1) is 12.2 Å². The number of epoxide rings is 1. The van der Waals surface area contributed by atoms with Crippen molar-refractivity contribution in [3.8, 4) is 0 Å². The second kappa shape index (κ2) is 9.27. The van der Waals surface area contributed by atoms with Crippen LogP contribution < -0.4 is 0 Å². The minimum atomic E-state index is -1.52. The van der Waals surface area contributed by atoms with Crippen LogP contribution in [-0.2, 0) is 13.6 Å². The molecule has 29 heavy (non-hydrogen) atoms. The fourth-order valence-electron chi connectivity index (χ4n) is 3.38. The van der Waals surface area contributed by atoms with Gasteiger partial charge in [0.1, 0.15) is 0 Å². The van der Waals surface area contributed by atoms with Crippen LogP contribution in [0.25, 0.3) is 0 Å². The van der Waals surface area contributed by atoms with Crippen LogP contribution >= 0.6 is 0 Å². The Morgan fingerprint density at radius 3 is 1.48 bits per heavy atom. The second-order valence-corrected chi connectivity index (χ2v) is 22.1. The Bertz CT molecular complexity index is 539. The van der Waals surface area contributed by atoms with E-state index >= 15 is 0 Å². The summed E-state index contributed by atoms with van der Waals surface area (Å²) in [4.78, 5) is 0. The summed E-state index contributed by atoms with van der Waals surface area (Å²) in [7, 11) is -3.02. The van der Waals surface area contributed by atoms with Gasteiger partial charge in [0.25, 0.3) is 0 Å². The first-order valence-corrected chi connectivity index (χ1v) is 17.5. The molecule has 3 rings (SSSR count). The maximum absolute atomic E-state index is 6.23. The molecule has 0 aromatic heterocycles. The topological polar surface area (TPSA) is 31.0 Å². The molecule has 2 fully saturated rings. The molecule has 0 bridgehead atoms. The molecular weight excluding hydrogens is 392 g/mol. The lowest BCUT2D eigenvalue weighted by molar-refractivity contribution is 0.184. The molecule has 1 heterocycles. The van der Waals surface area contributed by atoms with E-state index in [1.54, 1.807) is 0 Å². The van der Waals surface area contributed by atoms with Crippen LogP contribution in [-0.4, -0.2) is 42.1 Å². The highest BCUT2D eigenvalue weighted by Gasteiger charge is 2.48. The van der Waals surface area contributed by atoms with Crippen LogP contribution in [0.3, 0.4) is 0 Å². The minimum Gasteiger partial charge on any atom is -0.417 e. The summed E-state index contributed by atoms with van der Waals surface area (Å²) < 4.78 is 17.8. The summed E-state index contributed by atoms with van der Waals surface area (Å²) in [5.41, 5.74) is 0. The lowest BCUT2D eigenvalue weighted by atomic mass is 10.1. The van der Waals surface area contributed by atoms with Gasteiger partial charge >= 0.3 is 0 Å². The van der Waals surface area contributed by atoms with Gasteiger partial charge in [-0.2, -0.15) is 0 Å². The summed E-state index contributed by atoms with van der Waals surface area (Å²) in [5, 5.41) is 0.685. The summed E-state index contributed by atoms with van der Waals surface area (Å²) >= 11 is 0. The molecule has 3 nitrogen and oxygen atoms in total. The number of hydrogen-bond donors (Lipinski definition) is 0. The molecule has 2 atom stereocenters. The molecule has 2 aliphatic carbocycles. The van der Waals surface area contributed by atoms with E-state index in [2.05, 4.69) is 79.9 Å². The molecule has 0 aromatic carbocycles. The smallest absolute Gasteiger partial charge is 0.191 e. The highest BCUT2D eigenvalue weighted by Crippen LogP contribution is 2.43. The molecule has 3 aliphatic rings. The molecule has 0 spiro atoms. The van der Waals surface area contributed by atoms with Gasteiger partial charge in [-0.15, -0.1) is 0 Å². The van der Waals surface area contributed by atoms with E-state index in [1.807, 2.05) is 0 Å². The second-order valence-electron chi connectivity index (χ2n) is 12.5. The van der Waals surface area contributed by atoms with E-state index in [0.717, 1.165) is 25.0 Å². The SMILES string of the molecule is CC(C)(C)[Si](C)(C)OCC1CC2OC2C1.CC(C)(C)[Si](C)(C)OCC1CC=CC1. The van der Waals surface area contributed by atoms with Gasteiger partial charge in [0.15, 0.2) is 16.6 Å². The van der Waals surface area contributed by atoms with Crippen molar-refractivity contribution in [3.63, 3.8) is 0 Å². The van der Waals surface area contributed by atoms with E-state index < -0.39 is 16.6 Å². The number of fused-ring (bicyclic) bond motifs is 1. The van der Waals surface area contributed by atoms with Gasteiger partial charge in [-0.1, -0.05) is 53.7 Å². The van der Waals surface area contributed by atoms with Crippen molar-refractivity contribution in [2.75, 3.05) is 13.2 Å². The van der Waals surface area contributed by atoms with Gasteiger partial charge in [0, 0.05) is 13.2 Å². The van der Waals surface area contributed by atoms with E-state index in [1.165, 1.54) is 25.7 Å². The first-order valence-electron chi connectivity index (χ1n) is 11.7. The molecule has 1 aliphatic heterocycles. The predicted molar refractivity (Wildman–Crippen MR) is 130 cm³/mol. The summed E-state index contributed by atoms with van der Waals surface area (Å²) in [5.74, 6) is 1.52. The van der Waals surface area contributed by atoms with Crippen molar-refractivity contribution in [2.24, 2.45) is 11.8 Å². The summed E-state index contributed by atoms with van der Waals surface area (Å²) in [6.45, 7) is 25.0. The zero-order valence-corrected chi connectivity index (χ0v) is 22.9. The van der Waals surface area contributed by atoms with Crippen LogP contribution in [0.1, 0.15) is 67.2 Å². The van der Waals surface area contributed by atoms with Crippen LogP contribution in [0, 0.1) is 11.8 Å². The molecule has 0 aromatic rings. The number of rotatable bonds is 6. The Labute approximate surface area is 183 Å². The van der Waals surface area contributed by atoms with E-state index in [-0.39, 0.29) is 0 Å². The average molecular weight is 441 g/mol. The molecule has 1 saturated carbocycles. The number of ether oxygens (including phenoxy) is 1. The lowest BCUT2D eigenvalue weighted by Crippen LogP contribution is -2.41. The number of allylic oxidation sites excluding steroid dienone is 2. The average Bonchev–Trinajstić information content (AvgIpc) is 3.00. The molecule has 1 saturated heterocycles. The normalized spacial score (nSPS) is 27.6. The highest BCUT2D eigenvalue weighted by atomic mass is 28.4. The van der Waals surface area contributed by atoms with Crippen molar-refractivity contribution >= 4 is 16.6 Å². The third-order valence-corrected chi connectivity index (χ3v) is 16.9. The quantitative estimate of drug-likeness (QED) is 0.249. The third-order valence-electron chi connectivity index (χ3n) is 7.90. The van der Waals surface area contributed by atoms with Gasteiger partial charge in [0.2, 0.25) is 0 Å². The molecule has 0 N–H and O–H groups in total. The Morgan fingerprint density at radius 2 is 1.10 bits per heavy atom. The zero-order valence-electron chi connectivity index (χ0n) is 20.9. The fraction of sp³-hybridized carbons (Fsp3) is 0.917. The van der Waals surface area contributed by atoms with Crippen LogP contribution in [0.4, 0.5) is 0 Å². The van der Waals surface area contributed by atoms with Gasteiger partial charge in [-0.05, 0) is 73.8 Å². The molecular formula is C24H48O3Si2. The summed E-state index contributed by atoms with van der Waals surface area (Å²) in [6.07, 6.45) is 10.7. The maximum Gasteiger partial charge on any atom is 0.191 e. The highest BCUT2D eigenvalue weighted by molar-refractivity contribution is 6.74. The van der Waals surface area contributed by atoms with Gasteiger partial charge < -0.3 is 13.6 Å². The first kappa shape index (κ1) is 25.3. The van der Waals surface area contributed by atoms with Crippen LogP contribution in [0.5, 0.6) is 0 Å². The van der Waals surface area contributed by atoms with Crippen LogP contribution in [0.15, 0.2) is 12.2 Å². The fourth-order valence-corrected chi connectivity index (χ4v) is 5.55. The van der Waals surface area contributed by atoms with E-state index in [4.69, 9.17) is 13.6 Å². The van der Waals surface area contributed by atoms with Crippen LogP contribution in [0.2, 0.25) is 36.3 Å². The van der Waals surface area contributed by atoms with Crippen molar-refractivity contribution in [1.82, 2.24) is 0 Å². The van der Waals surface area contributed by atoms with Crippen molar-refractivity contribution < 1.29 is 13.6 Å². The third kappa shape index (κ3) is 7.31. The van der Waals surface area contributed by atoms with Crippen molar-refractivity contribution in [3.05, 3.63) is 12.2 Å². The molecule has 170 valence electrons. The summed E-state index contributed by atoms with van der Waals surface area (Å²) in [6, 6.07) is 0. The Morgan fingerprint density at radius 1 is 0.724 bits per heavy atom. The van der Waals surface area contributed by atoms with E-state index in [0.29, 0.717) is 22.3 Å². The molecule has 0 radical (unpaired) electrons. The Hall–Kier alpha value is 0.0538. The molecule has 2 unspecified atom stereocenters. The zero-order chi connectivity index (χ0) is 22.1. The largest absolute Gasteiger partial charge is 0.417 e. The molecule has 5 heteroatoms. The monoisotopic (exact) mass is 440 g/mol. The lowest BCUT2D eigenvalue weighted by Gasteiger charge is -2.37. The van der Waals surface area contributed by atoms with Gasteiger partial charge in [-0.3, -0.25) is 0 Å². The maximum atomic E-state index is 6.23. The minimum absolute atomic E-state index is 0.338. The predicted octanol–water partition coefficient (Wildman–Crippen LogP) is 7.16. The number of hydrogen-bond acceptors (Lipinski definition) is 3. The van der Waals surface area contributed by atoms with E-state index in [9.17, 15) is 0 Å². The van der Waals surface area contributed by atoms with Crippen molar-refractivity contribution in [1.29, 1.82) is 0 Å².